The molecule has 0 aliphatic rings. The highest BCUT2D eigenvalue weighted by Crippen LogP contribution is 2.16. The van der Waals surface area contributed by atoms with Crippen LogP contribution in [0.2, 0.25) is 0 Å². The Kier molecular flexibility index (Phi) is 4.78. The van der Waals surface area contributed by atoms with Crippen molar-refractivity contribution in [1.29, 1.82) is 0 Å². The Bertz CT molecular complexity index is 872. The van der Waals surface area contributed by atoms with Crippen LogP contribution in [0.3, 0.4) is 0 Å². The number of nitrogens with one attached hydrogen (secondary N) is 2. The molecule has 0 aliphatic carbocycles. The first-order valence-electron chi connectivity index (χ1n) is 7.99. The van der Waals surface area contributed by atoms with Crippen molar-refractivity contribution >= 4 is 23.5 Å². The fraction of sp³-hybridized carbons (Fsp3) is 0.294. The number of carbonyl (C=O) groups excluding carboxylic acids is 1. The van der Waals surface area contributed by atoms with E-state index in [4.69, 9.17) is 4.74 Å². The van der Waals surface area contributed by atoms with E-state index in [1.807, 2.05) is 0 Å². The molecule has 0 spiro atoms. The molecule has 1 amide bonds. The van der Waals surface area contributed by atoms with Gasteiger partial charge in [0.05, 0.1) is 6.10 Å². The molecule has 3 rings (SSSR count). The topological polar surface area (TPSA) is 93.4 Å². The molecule has 0 aliphatic heterocycles. The van der Waals surface area contributed by atoms with Gasteiger partial charge in [-0.2, -0.15) is 0 Å². The van der Waals surface area contributed by atoms with E-state index in [1.54, 1.807) is 30.6 Å². The van der Waals surface area contributed by atoms with Gasteiger partial charge in [0.2, 0.25) is 11.6 Å². The van der Waals surface area contributed by atoms with Gasteiger partial charge in [-0.15, -0.1) is 10.2 Å². The third-order valence-electron chi connectivity index (χ3n) is 3.46. The Morgan fingerprint density at radius 2 is 2.00 bits per heavy atom. The largest absolute Gasteiger partial charge is 0.447 e. The number of hydrogen-bond donors (Lipinski definition) is 2. The molecular formula is C17H20N6O2. The number of aryl methyl sites for hydroxylation is 1. The summed E-state index contributed by atoms with van der Waals surface area (Å²) in [6.45, 7) is 6.21. The van der Waals surface area contributed by atoms with Crippen molar-refractivity contribution < 1.29 is 9.53 Å². The molecule has 0 fully saturated rings. The number of carbonyl (C=O) groups is 1. The van der Waals surface area contributed by atoms with Crippen LogP contribution in [0, 0.1) is 6.92 Å². The summed E-state index contributed by atoms with van der Waals surface area (Å²) in [6, 6.07) is 8.23. The van der Waals surface area contributed by atoms with E-state index in [9.17, 15) is 4.79 Å². The van der Waals surface area contributed by atoms with Gasteiger partial charge in [0.25, 0.3) is 0 Å². The standard InChI is InChI=1S/C17H20N6O2/c1-11(2)25-17(24)20-16-22-21-15-14(18-8-9-23(15)16)19-10-13-6-4-12(3)5-7-13/h4-9,11H,10H2,1-3H3,(H,18,19)(H,20,22,24). The van der Waals surface area contributed by atoms with Crippen LogP contribution >= 0.6 is 0 Å². The average Bonchev–Trinajstić information content (AvgIpc) is 2.97. The molecule has 2 heterocycles. The minimum atomic E-state index is -0.574. The highest BCUT2D eigenvalue weighted by Gasteiger charge is 2.14. The Balaban J connectivity index is 1.76. The van der Waals surface area contributed by atoms with Crippen molar-refractivity contribution in [1.82, 2.24) is 19.6 Å². The van der Waals surface area contributed by atoms with Crippen molar-refractivity contribution in [2.45, 2.75) is 33.4 Å². The number of anilines is 2. The highest BCUT2D eigenvalue weighted by atomic mass is 16.6. The molecule has 0 unspecified atom stereocenters. The summed E-state index contributed by atoms with van der Waals surface area (Å²) in [5.41, 5.74) is 2.87. The van der Waals surface area contributed by atoms with E-state index < -0.39 is 6.09 Å². The molecule has 1 aromatic carbocycles. The van der Waals surface area contributed by atoms with E-state index in [0.29, 0.717) is 18.0 Å². The maximum Gasteiger partial charge on any atom is 0.414 e. The zero-order valence-electron chi connectivity index (χ0n) is 14.4. The van der Waals surface area contributed by atoms with E-state index >= 15 is 0 Å². The van der Waals surface area contributed by atoms with Crippen molar-refractivity contribution in [2.75, 3.05) is 10.6 Å². The van der Waals surface area contributed by atoms with Gasteiger partial charge in [-0.05, 0) is 26.3 Å². The van der Waals surface area contributed by atoms with E-state index in [2.05, 4.69) is 57.0 Å². The van der Waals surface area contributed by atoms with Crippen LogP contribution in [0.25, 0.3) is 5.65 Å². The molecule has 0 atom stereocenters. The van der Waals surface area contributed by atoms with Crippen LogP contribution in [0.4, 0.5) is 16.6 Å². The number of ether oxygens (including phenoxy) is 1. The van der Waals surface area contributed by atoms with Crippen molar-refractivity contribution in [2.24, 2.45) is 0 Å². The van der Waals surface area contributed by atoms with Gasteiger partial charge >= 0.3 is 6.09 Å². The number of benzene rings is 1. The van der Waals surface area contributed by atoms with E-state index in [1.165, 1.54) is 5.56 Å². The van der Waals surface area contributed by atoms with Crippen molar-refractivity contribution in [3.63, 3.8) is 0 Å². The van der Waals surface area contributed by atoms with E-state index in [0.717, 1.165) is 5.56 Å². The zero-order valence-corrected chi connectivity index (χ0v) is 14.4. The molecule has 3 aromatic rings. The maximum absolute atomic E-state index is 11.7. The molecule has 0 saturated heterocycles. The summed E-state index contributed by atoms with van der Waals surface area (Å²) in [5.74, 6) is 0.863. The summed E-state index contributed by atoms with van der Waals surface area (Å²) >= 11 is 0. The molecule has 0 bridgehead atoms. The second kappa shape index (κ2) is 7.16. The number of aromatic nitrogens is 4. The van der Waals surface area contributed by atoms with Gasteiger partial charge in [-0.25, -0.2) is 9.78 Å². The molecule has 0 radical (unpaired) electrons. The third kappa shape index (κ3) is 4.03. The lowest BCUT2D eigenvalue weighted by Crippen LogP contribution is -2.19. The van der Waals surface area contributed by atoms with Crippen LogP contribution in [-0.2, 0) is 11.3 Å². The van der Waals surface area contributed by atoms with Crippen LogP contribution in [0.5, 0.6) is 0 Å². The first-order chi connectivity index (χ1) is 12.0. The Hall–Kier alpha value is -3.16. The van der Waals surface area contributed by atoms with Crippen molar-refractivity contribution in [3.05, 3.63) is 47.8 Å². The number of nitrogens with zero attached hydrogens (tertiary/aromatic N) is 4. The van der Waals surface area contributed by atoms with Gasteiger partial charge in [0, 0.05) is 18.9 Å². The van der Waals surface area contributed by atoms with Gasteiger partial charge in [-0.1, -0.05) is 29.8 Å². The summed E-state index contributed by atoms with van der Waals surface area (Å²) in [7, 11) is 0. The lowest BCUT2D eigenvalue weighted by atomic mass is 10.1. The Morgan fingerprint density at radius 3 is 2.72 bits per heavy atom. The zero-order chi connectivity index (χ0) is 17.8. The van der Waals surface area contributed by atoms with Crippen LogP contribution in [0.1, 0.15) is 25.0 Å². The van der Waals surface area contributed by atoms with Crippen LogP contribution < -0.4 is 10.6 Å². The Morgan fingerprint density at radius 1 is 1.24 bits per heavy atom. The number of fused-ring (bicyclic) bond motifs is 1. The molecule has 2 N–H and O–H groups in total. The normalized spacial score (nSPS) is 10.9. The van der Waals surface area contributed by atoms with Crippen LogP contribution in [0.15, 0.2) is 36.7 Å². The molecule has 0 saturated carbocycles. The second-order valence-electron chi connectivity index (χ2n) is 5.91. The minimum Gasteiger partial charge on any atom is -0.447 e. The third-order valence-corrected chi connectivity index (χ3v) is 3.46. The molecule has 2 aromatic heterocycles. The summed E-state index contributed by atoms with van der Waals surface area (Å²) < 4.78 is 6.70. The minimum absolute atomic E-state index is 0.215. The quantitative estimate of drug-likeness (QED) is 0.741. The molecule has 130 valence electrons. The lowest BCUT2D eigenvalue weighted by Gasteiger charge is -2.09. The number of rotatable bonds is 5. The molecule has 25 heavy (non-hydrogen) atoms. The van der Waals surface area contributed by atoms with E-state index in [-0.39, 0.29) is 12.1 Å². The Labute approximate surface area is 145 Å². The van der Waals surface area contributed by atoms with Crippen molar-refractivity contribution in [3.8, 4) is 0 Å². The van der Waals surface area contributed by atoms with Crippen LogP contribution in [-0.4, -0.2) is 31.8 Å². The smallest absolute Gasteiger partial charge is 0.414 e. The molecule has 8 heteroatoms. The van der Waals surface area contributed by atoms with Gasteiger partial charge in [0.1, 0.15) is 0 Å². The second-order valence-corrected chi connectivity index (χ2v) is 5.91. The average molecular weight is 340 g/mol. The number of amides is 1. The summed E-state index contributed by atoms with van der Waals surface area (Å²) in [6.07, 6.45) is 2.51. The first-order valence-corrected chi connectivity index (χ1v) is 7.99. The van der Waals surface area contributed by atoms with Gasteiger partial charge in [-0.3, -0.25) is 9.72 Å². The molecule has 8 nitrogen and oxygen atoms in total. The fourth-order valence-electron chi connectivity index (χ4n) is 2.26. The predicted molar refractivity (Wildman–Crippen MR) is 94.5 cm³/mol. The van der Waals surface area contributed by atoms with Gasteiger partial charge in [0.15, 0.2) is 5.82 Å². The summed E-state index contributed by atoms with van der Waals surface area (Å²) in [5, 5.41) is 13.9. The monoisotopic (exact) mass is 340 g/mol. The SMILES string of the molecule is Cc1ccc(CNc2nccn3c(NC(=O)OC(C)C)nnc23)cc1. The van der Waals surface area contributed by atoms with Gasteiger partial charge < -0.3 is 10.1 Å². The fourth-order valence-corrected chi connectivity index (χ4v) is 2.26. The highest BCUT2D eigenvalue weighted by molar-refractivity contribution is 5.83. The summed E-state index contributed by atoms with van der Waals surface area (Å²) in [4.78, 5) is 16.0. The molecular weight excluding hydrogens is 320 g/mol. The number of hydrogen-bond acceptors (Lipinski definition) is 6. The lowest BCUT2D eigenvalue weighted by molar-refractivity contribution is 0.129. The first kappa shape index (κ1) is 16.7. The maximum atomic E-state index is 11.7. The predicted octanol–water partition coefficient (Wildman–Crippen LogP) is 3.00.